The largest absolute Gasteiger partial charge is 0.355 e. The van der Waals surface area contributed by atoms with Crippen LogP contribution in [0.3, 0.4) is 0 Å². The van der Waals surface area contributed by atoms with Crippen molar-refractivity contribution in [2.45, 2.75) is 6.92 Å². The molecule has 6 nitrogen and oxygen atoms in total. The standard InChI is InChI=1S/C16H15BrN4O2/c1-9-8-10(4-5-11(9)17)19-12-6-7-18-14-13(12)15(22)21(3)16(23)20(14)2/h4-8H,1-3H3,(H,18,19). The molecule has 1 aromatic carbocycles. The van der Waals surface area contributed by atoms with Gasteiger partial charge in [0.1, 0.15) is 5.39 Å². The van der Waals surface area contributed by atoms with E-state index in [1.807, 2.05) is 25.1 Å². The highest BCUT2D eigenvalue weighted by molar-refractivity contribution is 9.10. The minimum atomic E-state index is -0.397. The number of anilines is 2. The third-order valence-corrected chi connectivity index (χ3v) is 4.67. The number of rotatable bonds is 2. The second kappa shape index (κ2) is 5.66. The number of aromatic nitrogens is 3. The van der Waals surface area contributed by atoms with E-state index in [9.17, 15) is 9.59 Å². The number of benzene rings is 1. The molecule has 0 atom stereocenters. The quantitative estimate of drug-likeness (QED) is 0.747. The molecule has 0 aliphatic rings. The maximum Gasteiger partial charge on any atom is 0.332 e. The Morgan fingerprint density at radius 2 is 1.87 bits per heavy atom. The second-order valence-corrected chi connectivity index (χ2v) is 6.21. The molecule has 0 aliphatic carbocycles. The van der Waals surface area contributed by atoms with Gasteiger partial charge in [-0.2, -0.15) is 0 Å². The molecule has 2 aromatic heterocycles. The van der Waals surface area contributed by atoms with Crippen molar-refractivity contribution in [2.24, 2.45) is 14.1 Å². The maximum absolute atomic E-state index is 12.5. The highest BCUT2D eigenvalue weighted by Gasteiger charge is 2.13. The molecule has 23 heavy (non-hydrogen) atoms. The van der Waals surface area contributed by atoms with Crippen molar-refractivity contribution in [1.29, 1.82) is 0 Å². The van der Waals surface area contributed by atoms with Crippen LogP contribution in [0.25, 0.3) is 11.0 Å². The van der Waals surface area contributed by atoms with Crippen LogP contribution < -0.4 is 16.6 Å². The molecule has 2 heterocycles. The van der Waals surface area contributed by atoms with Gasteiger partial charge in [-0.25, -0.2) is 9.78 Å². The monoisotopic (exact) mass is 374 g/mol. The number of pyridine rings is 1. The summed E-state index contributed by atoms with van der Waals surface area (Å²) in [6, 6.07) is 7.55. The highest BCUT2D eigenvalue weighted by atomic mass is 79.9. The number of hydrogen-bond acceptors (Lipinski definition) is 4. The first-order chi connectivity index (χ1) is 10.9. The summed E-state index contributed by atoms with van der Waals surface area (Å²) in [6.45, 7) is 1.99. The molecule has 0 spiro atoms. The zero-order valence-electron chi connectivity index (χ0n) is 12.9. The van der Waals surface area contributed by atoms with Crippen molar-refractivity contribution in [3.05, 3.63) is 61.3 Å². The first-order valence-corrected chi connectivity index (χ1v) is 7.77. The van der Waals surface area contributed by atoms with Gasteiger partial charge in [0, 0.05) is 30.5 Å². The molecule has 0 amide bonds. The fourth-order valence-electron chi connectivity index (χ4n) is 2.47. The third kappa shape index (κ3) is 2.57. The van der Waals surface area contributed by atoms with Gasteiger partial charge in [0.2, 0.25) is 0 Å². The summed E-state index contributed by atoms with van der Waals surface area (Å²) in [7, 11) is 3.06. The minimum absolute atomic E-state index is 0.358. The molecule has 3 rings (SSSR count). The summed E-state index contributed by atoms with van der Waals surface area (Å²) in [4.78, 5) is 28.7. The molecule has 3 aromatic rings. The smallest absolute Gasteiger partial charge is 0.332 e. The zero-order chi connectivity index (χ0) is 16.7. The summed E-state index contributed by atoms with van der Waals surface area (Å²) in [6.07, 6.45) is 1.58. The van der Waals surface area contributed by atoms with Crippen LogP contribution in [0.5, 0.6) is 0 Å². The predicted molar refractivity (Wildman–Crippen MR) is 94.4 cm³/mol. The van der Waals surface area contributed by atoms with Crippen LogP contribution in [0.4, 0.5) is 11.4 Å². The van der Waals surface area contributed by atoms with E-state index in [2.05, 4.69) is 26.2 Å². The topological polar surface area (TPSA) is 68.9 Å². The van der Waals surface area contributed by atoms with E-state index in [-0.39, 0.29) is 5.56 Å². The fourth-order valence-corrected chi connectivity index (χ4v) is 2.71. The van der Waals surface area contributed by atoms with Crippen LogP contribution >= 0.6 is 15.9 Å². The number of nitrogens with one attached hydrogen (secondary N) is 1. The van der Waals surface area contributed by atoms with E-state index in [4.69, 9.17) is 0 Å². The van der Waals surface area contributed by atoms with E-state index < -0.39 is 5.69 Å². The molecule has 0 unspecified atom stereocenters. The van der Waals surface area contributed by atoms with Gasteiger partial charge in [0.05, 0.1) is 5.69 Å². The third-order valence-electron chi connectivity index (χ3n) is 3.78. The van der Waals surface area contributed by atoms with E-state index in [0.717, 1.165) is 20.3 Å². The van der Waals surface area contributed by atoms with Gasteiger partial charge < -0.3 is 5.32 Å². The van der Waals surface area contributed by atoms with Crippen molar-refractivity contribution < 1.29 is 0 Å². The second-order valence-electron chi connectivity index (χ2n) is 5.35. The van der Waals surface area contributed by atoms with Crippen LogP contribution in [0.15, 0.2) is 44.5 Å². The van der Waals surface area contributed by atoms with Crippen molar-refractivity contribution in [3.8, 4) is 0 Å². The lowest BCUT2D eigenvalue weighted by atomic mass is 10.2. The Balaban J connectivity index is 2.24. The number of halogens is 1. The van der Waals surface area contributed by atoms with Crippen molar-refractivity contribution in [3.63, 3.8) is 0 Å². The van der Waals surface area contributed by atoms with Crippen molar-refractivity contribution >= 4 is 38.3 Å². The van der Waals surface area contributed by atoms with E-state index in [1.54, 1.807) is 19.3 Å². The normalized spacial score (nSPS) is 11.0. The van der Waals surface area contributed by atoms with Gasteiger partial charge in [-0.3, -0.25) is 13.9 Å². The van der Waals surface area contributed by atoms with E-state index >= 15 is 0 Å². The molecule has 0 aliphatic heterocycles. The van der Waals surface area contributed by atoms with Gasteiger partial charge in [0.25, 0.3) is 5.56 Å². The SMILES string of the molecule is Cc1cc(Nc2ccnc3c2c(=O)n(C)c(=O)n3C)ccc1Br. The lowest BCUT2D eigenvalue weighted by Crippen LogP contribution is -2.37. The summed E-state index contributed by atoms with van der Waals surface area (Å²) in [5.74, 6) is 0. The average Bonchev–Trinajstić information content (AvgIpc) is 2.54. The molecule has 118 valence electrons. The van der Waals surface area contributed by atoms with Gasteiger partial charge in [-0.15, -0.1) is 0 Å². The summed E-state index contributed by atoms with van der Waals surface area (Å²) >= 11 is 3.46. The van der Waals surface area contributed by atoms with Gasteiger partial charge in [-0.05, 0) is 36.8 Å². The molecular weight excluding hydrogens is 360 g/mol. The van der Waals surface area contributed by atoms with Gasteiger partial charge >= 0.3 is 5.69 Å². The number of fused-ring (bicyclic) bond motifs is 1. The van der Waals surface area contributed by atoms with Crippen LogP contribution in [-0.2, 0) is 14.1 Å². The van der Waals surface area contributed by atoms with Gasteiger partial charge in [0.15, 0.2) is 5.65 Å². The summed E-state index contributed by atoms with van der Waals surface area (Å²) in [5.41, 5.74) is 2.15. The molecule has 0 fully saturated rings. The van der Waals surface area contributed by atoms with Crippen LogP contribution in [0.2, 0.25) is 0 Å². The van der Waals surface area contributed by atoms with Crippen molar-refractivity contribution in [2.75, 3.05) is 5.32 Å². The van der Waals surface area contributed by atoms with E-state index in [1.165, 1.54) is 11.6 Å². The summed E-state index contributed by atoms with van der Waals surface area (Å²) in [5, 5.41) is 3.63. The molecular formula is C16H15BrN4O2. The van der Waals surface area contributed by atoms with Crippen LogP contribution in [0, 0.1) is 6.92 Å². The van der Waals surface area contributed by atoms with Gasteiger partial charge in [-0.1, -0.05) is 15.9 Å². The molecule has 7 heteroatoms. The Bertz CT molecular complexity index is 1040. The lowest BCUT2D eigenvalue weighted by Gasteiger charge is -2.12. The number of aryl methyl sites for hydroxylation is 2. The fraction of sp³-hybridized carbons (Fsp3) is 0.188. The van der Waals surface area contributed by atoms with Crippen molar-refractivity contribution in [1.82, 2.24) is 14.1 Å². The predicted octanol–water partition coefficient (Wildman–Crippen LogP) is 2.45. The number of hydrogen-bond donors (Lipinski definition) is 1. The molecule has 0 radical (unpaired) electrons. The van der Waals surface area contributed by atoms with E-state index in [0.29, 0.717) is 16.7 Å². The Morgan fingerprint density at radius 1 is 1.13 bits per heavy atom. The highest BCUT2D eigenvalue weighted by Crippen LogP contribution is 2.25. The maximum atomic E-state index is 12.5. The Hall–Kier alpha value is -2.41. The average molecular weight is 375 g/mol. The molecule has 0 saturated carbocycles. The Labute approximate surface area is 140 Å². The summed E-state index contributed by atoms with van der Waals surface area (Å²) < 4.78 is 3.47. The van der Waals surface area contributed by atoms with Crippen LogP contribution in [-0.4, -0.2) is 14.1 Å². The molecule has 0 bridgehead atoms. The molecule has 1 N–H and O–H groups in total. The Morgan fingerprint density at radius 3 is 2.57 bits per heavy atom. The Kier molecular flexibility index (Phi) is 3.81. The lowest BCUT2D eigenvalue weighted by molar-refractivity contribution is 0.708. The molecule has 0 saturated heterocycles. The zero-order valence-corrected chi connectivity index (χ0v) is 14.5. The first kappa shape index (κ1) is 15.5. The first-order valence-electron chi connectivity index (χ1n) is 6.98. The number of nitrogens with zero attached hydrogens (tertiary/aromatic N) is 3. The minimum Gasteiger partial charge on any atom is -0.355 e. The van der Waals surface area contributed by atoms with Crippen LogP contribution in [0.1, 0.15) is 5.56 Å².